The molecule has 2 N–H and O–H groups in total. The highest BCUT2D eigenvalue weighted by molar-refractivity contribution is 5.21. The molecule has 0 unspecified atom stereocenters. The van der Waals surface area contributed by atoms with Gasteiger partial charge in [0, 0.05) is 5.41 Å². The van der Waals surface area contributed by atoms with E-state index >= 15 is 0 Å². The molecule has 0 spiro atoms. The van der Waals surface area contributed by atoms with E-state index in [2.05, 4.69) is 53.3 Å². The fraction of sp³-hybridized carbons (Fsp3) is 0.760. The number of aliphatic hydroxyl groups excluding tert-OH is 2. The Morgan fingerprint density at radius 1 is 1.11 bits per heavy atom. The maximum Gasteiger partial charge on any atom is 0.0780 e. The van der Waals surface area contributed by atoms with Crippen LogP contribution in [0.15, 0.2) is 35.5 Å². The summed E-state index contributed by atoms with van der Waals surface area (Å²) in [5.74, 6) is 2.20. The molecule has 7 atom stereocenters. The van der Waals surface area contributed by atoms with Gasteiger partial charge in [-0.25, -0.2) is 0 Å². The SMILES string of the molecule is C=C1CC[C@H]2/C(C)=C/C[C@H]3[C@@H](C(C)C)[C@H](O)C[C@]3(C)[C@H](O)/C=C(\C)CC[C@H]12. The molecule has 0 aromatic carbocycles. The highest BCUT2D eigenvalue weighted by atomic mass is 16.3. The van der Waals surface area contributed by atoms with E-state index in [0.717, 1.165) is 25.7 Å². The molecule has 2 saturated carbocycles. The highest BCUT2D eigenvalue weighted by Crippen LogP contribution is 2.54. The maximum absolute atomic E-state index is 11.2. The van der Waals surface area contributed by atoms with Crippen molar-refractivity contribution in [1.82, 2.24) is 0 Å². The molecule has 0 amide bonds. The van der Waals surface area contributed by atoms with Crippen LogP contribution in [-0.4, -0.2) is 22.4 Å². The second kappa shape index (κ2) is 7.87. The van der Waals surface area contributed by atoms with Crippen molar-refractivity contribution in [2.24, 2.45) is 35.0 Å². The van der Waals surface area contributed by atoms with Crippen LogP contribution in [0.3, 0.4) is 0 Å². The summed E-state index contributed by atoms with van der Waals surface area (Å²) in [5, 5.41) is 22.1. The van der Waals surface area contributed by atoms with Gasteiger partial charge in [0.25, 0.3) is 0 Å². The number of hydrogen-bond donors (Lipinski definition) is 2. The van der Waals surface area contributed by atoms with Crippen LogP contribution in [0.2, 0.25) is 0 Å². The van der Waals surface area contributed by atoms with Gasteiger partial charge in [-0.3, -0.25) is 0 Å². The maximum atomic E-state index is 11.2. The molecule has 3 rings (SSSR count). The third-order valence-corrected chi connectivity index (χ3v) is 8.21. The van der Waals surface area contributed by atoms with Crippen molar-refractivity contribution in [3.8, 4) is 0 Å². The zero-order valence-corrected chi connectivity index (χ0v) is 18.0. The largest absolute Gasteiger partial charge is 0.393 e. The van der Waals surface area contributed by atoms with Gasteiger partial charge in [-0.05, 0) is 82.0 Å². The number of fused-ring (bicyclic) bond motifs is 2. The van der Waals surface area contributed by atoms with E-state index in [-0.39, 0.29) is 17.4 Å². The van der Waals surface area contributed by atoms with Crippen LogP contribution in [0.1, 0.15) is 73.1 Å². The zero-order valence-electron chi connectivity index (χ0n) is 18.0. The Bertz CT molecular complexity index is 628. The monoisotopic (exact) mass is 372 g/mol. The first-order chi connectivity index (χ1) is 12.6. The zero-order chi connectivity index (χ0) is 19.9. The first-order valence-electron chi connectivity index (χ1n) is 11.0. The first-order valence-corrected chi connectivity index (χ1v) is 11.0. The molecule has 0 bridgehead atoms. The lowest BCUT2D eigenvalue weighted by Crippen LogP contribution is -2.37. The van der Waals surface area contributed by atoms with Crippen LogP contribution in [0.25, 0.3) is 0 Å². The van der Waals surface area contributed by atoms with Crippen LogP contribution in [0.5, 0.6) is 0 Å². The quantitative estimate of drug-likeness (QED) is 0.583. The molecular weight excluding hydrogens is 332 g/mol. The molecule has 0 saturated heterocycles. The number of hydrogen-bond acceptors (Lipinski definition) is 2. The fourth-order valence-corrected chi connectivity index (χ4v) is 6.47. The van der Waals surface area contributed by atoms with E-state index < -0.39 is 6.10 Å². The van der Waals surface area contributed by atoms with Crippen molar-refractivity contribution in [2.45, 2.75) is 85.4 Å². The minimum atomic E-state index is -0.489. The summed E-state index contributed by atoms with van der Waals surface area (Å²) < 4.78 is 0. The molecule has 0 radical (unpaired) electrons. The Morgan fingerprint density at radius 3 is 2.44 bits per heavy atom. The summed E-state index contributed by atoms with van der Waals surface area (Å²) in [7, 11) is 0. The molecule has 0 aromatic rings. The second-order valence-electron chi connectivity index (χ2n) is 10.3. The Morgan fingerprint density at radius 2 is 1.78 bits per heavy atom. The van der Waals surface area contributed by atoms with Gasteiger partial charge in [-0.2, -0.15) is 0 Å². The minimum Gasteiger partial charge on any atom is -0.393 e. The lowest BCUT2D eigenvalue weighted by Gasteiger charge is -2.38. The smallest absolute Gasteiger partial charge is 0.0780 e. The Hall–Kier alpha value is -0.860. The Balaban J connectivity index is 2.00. The first kappa shape index (κ1) is 20.9. The summed E-state index contributed by atoms with van der Waals surface area (Å²) in [6, 6.07) is 0. The molecule has 2 nitrogen and oxygen atoms in total. The van der Waals surface area contributed by atoms with Crippen LogP contribution in [0.4, 0.5) is 0 Å². The molecule has 27 heavy (non-hydrogen) atoms. The topological polar surface area (TPSA) is 40.5 Å². The minimum absolute atomic E-state index is 0.250. The molecular formula is C25H40O2. The van der Waals surface area contributed by atoms with Gasteiger partial charge in [0.15, 0.2) is 0 Å². The molecule has 0 aromatic heterocycles. The van der Waals surface area contributed by atoms with Crippen molar-refractivity contribution in [3.63, 3.8) is 0 Å². The highest BCUT2D eigenvalue weighted by Gasteiger charge is 2.53. The van der Waals surface area contributed by atoms with E-state index in [9.17, 15) is 10.2 Å². The normalized spacial score (nSPS) is 47.3. The van der Waals surface area contributed by atoms with Crippen molar-refractivity contribution in [3.05, 3.63) is 35.5 Å². The van der Waals surface area contributed by atoms with E-state index in [4.69, 9.17) is 0 Å². The third-order valence-electron chi connectivity index (χ3n) is 8.21. The Labute approximate surface area is 166 Å². The van der Waals surface area contributed by atoms with E-state index in [1.807, 2.05) is 0 Å². The van der Waals surface area contributed by atoms with Gasteiger partial charge in [0.1, 0.15) is 0 Å². The van der Waals surface area contributed by atoms with E-state index in [0.29, 0.717) is 30.1 Å². The van der Waals surface area contributed by atoms with Crippen LogP contribution in [0, 0.1) is 35.0 Å². The third kappa shape index (κ3) is 3.85. The summed E-state index contributed by atoms with van der Waals surface area (Å²) >= 11 is 0. The molecule has 2 heteroatoms. The van der Waals surface area contributed by atoms with Crippen molar-refractivity contribution in [1.29, 1.82) is 0 Å². The average Bonchev–Trinajstić information content (AvgIpc) is 3.07. The number of allylic oxidation sites excluding steroid dienone is 4. The van der Waals surface area contributed by atoms with E-state index in [1.54, 1.807) is 0 Å². The molecule has 2 fully saturated rings. The van der Waals surface area contributed by atoms with Crippen LogP contribution >= 0.6 is 0 Å². The summed E-state index contributed by atoms with van der Waals surface area (Å²) in [5.41, 5.74) is 3.94. The summed E-state index contributed by atoms with van der Waals surface area (Å²) in [4.78, 5) is 0. The van der Waals surface area contributed by atoms with Gasteiger partial charge in [-0.1, -0.05) is 56.2 Å². The lowest BCUT2D eigenvalue weighted by molar-refractivity contribution is 0.0285. The lowest BCUT2D eigenvalue weighted by atomic mass is 9.68. The molecule has 0 heterocycles. The van der Waals surface area contributed by atoms with Gasteiger partial charge in [-0.15, -0.1) is 0 Å². The number of aliphatic hydroxyl groups is 2. The van der Waals surface area contributed by atoms with Crippen molar-refractivity contribution < 1.29 is 10.2 Å². The average molecular weight is 373 g/mol. The summed E-state index contributed by atoms with van der Waals surface area (Å²) in [6.45, 7) is 15.5. The van der Waals surface area contributed by atoms with Gasteiger partial charge in [0.2, 0.25) is 0 Å². The van der Waals surface area contributed by atoms with Gasteiger partial charge < -0.3 is 10.2 Å². The van der Waals surface area contributed by atoms with Gasteiger partial charge in [0.05, 0.1) is 12.2 Å². The molecule has 3 aliphatic rings. The van der Waals surface area contributed by atoms with Crippen molar-refractivity contribution in [2.75, 3.05) is 0 Å². The van der Waals surface area contributed by atoms with Gasteiger partial charge >= 0.3 is 0 Å². The van der Waals surface area contributed by atoms with Crippen molar-refractivity contribution >= 4 is 0 Å². The fourth-order valence-electron chi connectivity index (χ4n) is 6.47. The van der Waals surface area contributed by atoms with Crippen LogP contribution < -0.4 is 0 Å². The summed E-state index contributed by atoms with van der Waals surface area (Å²) in [6.07, 6.45) is 9.93. The predicted octanol–water partition coefficient (Wildman–Crippen LogP) is 5.67. The van der Waals surface area contributed by atoms with E-state index in [1.165, 1.54) is 23.1 Å². The Kier molecular flexibility index (Phi) is 6.08. The predicted molar refractivity (Wildman–Crippen MR) is 113 cm³/mol. The standard InChI is InChI=1S/C25H40O2/c1-15(2)24-21-12-9-18(5)20-11-8-17(4)19(20)10-7-16(3)13-23(27)25(21,6)14-22(24)26/h9,13,15,19-24,26-27H,4,7-8,10-12,14H2,1-3,5-6H3/b16-13+,18-9+/t19-,20+,21+,22-,23-,24-,25+/m1/s1. The molecule has 0 aliphatic heterocycles. The van der Waals surface area contributed by atoms with Crippen LogP contribution in [-0.2, 0) is 0 Å². The second-order valence-corrected chi connectivity index (χ2v) is 10.3. The number of rotatable bonds is 1. The molecule has 3 aliphatic carbocycles. The molecule has 152 valence electrons.